The van der Waals surface area contributed by atoms with E-state index in [1.165, 1.54) is 6.20 Å². The van der Waals surface area contributed by atoms with Crippen LogP contribution in [0.2, 0.25) is 0 Å². The zero-order valence-corrected chi connectivity index (χ0v) is 11.1. The standard InChI is InChI=1S/C14H16N4O2/c1-16-10-6-12-14(17-7-10)20-8-13(19)18(12)11-4-2-9(15)3-5-11/h6-7,9,11H,2-5,8,15H2. The lowest BCUT2D eigenvalue weighted by atomic mass is 9.90. The summed E-state index contributed by atoms with van der Waals surface area (Å²) < 4.78 is 5.35. The van der Waals surface area contributed by atoms with Crippen molar-refractivity contribution in [2.45, 2.75) is 37.8 Å². The SMILES string of the molecule is [C-]#[N+]c1cnc2c(c1)N(C1CCC(N)CC1)C(=O)CO2. The molecular weight excluding hydrogens is 256 g/mol. The number of pyridine rings is 1. The van der Waals surface area contributed by atoms with Crippen LogP contribution >= 0.6 is 0 Å². The quantitative estimate of drug-likeness (QED) is 0.789. The van der Waals surface area contributed by atoms with Crippen LogP contribution in [-0.2, 0) is 4.79 Å². The van der Waals surface area contributed by atoms with Crippen molar-refractivity contribution >= 4 is 17.3 Å². The maximum atomic E-state index is 12.2. The highest BCUT2D eigenvalue weighted by Gasteiger charge is 2.34. The first-order chi connectivity index (χ1) is 9.69. The van der Waals surface area contributed by atoms with Crippen molar-refractivity contribution in [3.05, 3.63) is 23.7 Å². The molecule has 2 heterocycles. The number of nitrogens with two attached hydrogens (primary N) is 1. The Morgan fingerprint density at radius 2 is 2.15 bits per heavy atom. The van der Waals surface area contributed by atoms with Crippen LogP contribution in [0.3, 0.4) is 0 Å². The number of aromatic nitrogens is 1. The average Bonchev–Trinajstić information content (AvgIpc) is 2.48. The molecule has 6 heteroatoms. The number of ether oxygens (including phenoxy) is 1. The Kier molecular flexibility index (Phi) is 3.28. The van der Waals surface area contributed by atoms with E-state index in [1.807, 2.05) is 0 Å². The molecule has 1 aliphatic heterocycles. The van der Waals surface area contributed by atoms with Crippen LogP contribution < -0.4 is 15.4 Å². The van der Waals surface area contributed by atoms with Crippen molar-refractivity contribution in [1.29, 1.82) is 0 Å². The second kappa shape index (κ2) is 5.10. The van der Waals surface area contributed by atoms with E-state index in [2.05, 4.69) is 9.83 Å². The van der Waals surface area contributed by atoms with Gasteiger partial charge < -0.3 is 15.4 Å². The van der Waals surface area contributed by atoms with E-state index in [0.717, 1.165) is 25.7 Å². The third-order valence-electron chi connectivity index (χ3n) is 3.91. The number of carbonyl (C=O) groups is 1. The molecule has 1 aliphatic carbocycles. The van der Waals surface area contributed by atoms with E-state index in [1.54, 1.807) is 11.0 Å². The lowest BCUT2D eigenvalue weighted by Crippen LogP contribution is -2.48. The van der Waals surface area contributed by atoms with Crippen LogP contribution in [-0.4, -0.2) is 29.6 Å². The van der Waals surface area contributed by atoms with Gasteiger partial charge in [0.25, 0.3) is 5.91 Å². The zero-order chi connectivity index (χ0) is 14.1. The molecule has 0 radical (unpaired) electrons. The fourth-order valence-electron chi connectivity index (χ4n) is 2.87. The van der Waals surface area contributed by atoms with Gasteiger partial charge >= 0.3 is 0 Å². The molecule has 0 aromatic carbocycles. The topological polar surface area (TPSA) is 72.8 Å². The smallest absolute Gasteiger partial charge is 0.265 e. The molecule has 0 atom stereocenters. The molecule has 6 nitrogen and oxygen atoms in total. The van der Waals surface area contributed by atoms with Crippen molar-refractivity contribution < 1.29 is 9.53 Å². The number of fused-ring (bicyclic) bond motifs is 1. The Labute approximate surface area is 117 Å². The Bertz CT molecular complexity index is 573. The van der Waals surface area contributed by atoms with E-state index in [-0.39, 0.29) is 24.6 Å². The zero-order valence-electron chi connectivity index (χ0n) is 11.1. The fraction of sp³-hybridized carbons (Fsp3) is 0.500. The van der Waals surface area contributed by atoms with Crippen LogP contribution in [0.25, 0.3) is 4.85 Å². The minimum absolute atomic E-state index is 0.0138. The van der Waals surface area contributed by atoms with E-state index in [9.17, 15) is 4.79 Å². The Morgan fingerprint density at radius 1 is 1.40 bits per heavy atom. The molecule has 2 N–H and O–H groups in total. The second-order valence-electron chi connectivity index (χ2n) is 5.25. The molecule has 1 amide bonds. The van der Waals surface area contributed by atoms with Gasteiger partial charge in [0.05, 0.1) is 12.3 Å². The van der Waals surface area contributed by atoms with Gasteiger partial charge in [-0.15, -0.1) is 0 Å². The van der Waals surface area contributed by atoms with Crippen molar-refractivity contribution in [3.8, 4) is 5.88 Å². The molecule has 0 saturated heterocycles. The summed E-state index contributed by atoms with van der Waals surface area (Å²) in [6.07, 6.45) is 5.07. The summed E-state index contributed by atoms with van der Waals surface area (Å²) in [6, 6.07) is 2.04. The molecular formula is C14H16N4O2. The van der Waals surface area contributed by atoms with Gasteiger partial charge in [-0.05, 0) is 31.7 Å². The highest BCUT2D eigenvalue weighted by molar-refractivity contribution is 5.98. The van der Waals surface area contributed by atoms with Gasteiger partial charge in [0.2, 0.25) is 11.6 Å². The van der Waals surface area contributed by atoms with Gasteiger partial charge in [-0.3, -0.25) is 4.79 Å². The largest absolute Gasteiger partial charge is 0.466 e. The van der Waals surface area contributed by atoms with Crippen molar-refractivity contribution in [1.82, 2.24) is 4.98 Å². The first-order valence-corrected chi connectivity index (χ1v) is 6.77. The normalized spacial score (nSPS) is 25.6. The molecule has 104 valence electrons. The molecule has 1 aromatic rings. The maximum absolute atomic E-state index is 12.2. The van der Waals surface area contributed by atoms with Crippen molar-refractivity contribution in [3.63, 3.8) is 0 Å². The van der Waals surface area contributed by atoms with Gasteiger partial charge in [-0.25, -0.2) is 9.83 Å². The minimum Gasteiger partial charge on any atom is -0.466 e. The molecule has 1 fully saturated rings. The molecule has 0 unspecified atom stereocenters. The predicted octanol–water partition coefficient (Wildman–Crippen LogP) is 1.63. The van der Waals surface area contributed by atoms with Crippen LogP contribution in [0.1, 0.15) is 25.7 Å². The fourth-order valence-corrected chi connectivity index (χ4v) is 2.87. The molecule has 20 heavy (non-hydrogen) atoms. The van der Waals surface area contributed by atoms with E-state index in [4.69, 9.17) is 17.0 Å². The highest BCUT2D eigenvalue weighted by atomic mass is 16.5. The number of nitrogens with zero attached hydrogens (tertiary/aromatic N) is 3. The lowest BCUT2D eigenvalue weighted by molar-refractivity contribution is -0.122. The van der Waals surface area contributed by atoms with Gasteiger partial charge in [0.15, 0.2) is 6.61 Å². The van der Waals surface area contributed by atoms with E-state index in [0.29, 0.717) is 17.3 Å². The molecule has 3 rings (SSSR count). The number of hydrogen-bond acceptors (Lipinski definition) is 4. The number of rotatable bonds is 1. The Hall–Kier alpha value is -2.13. The van der Waals surface area contributed by atoms with Gasteiger partial charge in [0.1, 0.15) is 0 Å². The van der Waals surface area contributed by atoms with Crippen molar-refractivity contribution in [2.75, 3.05) is 11.5 Å². The van der Waals surface area contributed by atoms with E-state index < -0.39 is 0 Å². The summed E-state index contributed by atoms with van der Waals surface area (Å²) >= 11 is 0. The summed E-state index contributed by atoms with van der Waals surface area (Å²) in [5.41, 5.74) is 6.96. The average molecular weight is 272 g/mol. The second-order valence-corrected chi connectivity index (χ2v) is 5.25. The molecule has 1 saturated carbocycles. The highest BCUT2D eigenvalue weighted by Crippen LogP contribution is 2.37. The van der Waals surface area contributed by atoms with Gasteiger partial charge in [0, 0.05) is 18.3 Å². The van der Waals surface area contributed by atoms with Crippen LogP contribution in [0.4, 0.5) is 11.4 Å². The molecule has 2 aliphatic rings. The number of anilines is 1. The number of hydrogen-bond donors (Lipinski definition) is 1. The summed E-state index contributed by atoms with van der Waals surface area (Å²) in [6.45, 7) is 7.09. The molecule has 1 aromatic heterocycles. The lowest BCUT2D eigenvalue weighted by Gasteiger charge is -2.38. The Balaban J connectivity index is 1.95. The minimum atomic E-state index is -0.0677. The monoisotopic (exact) mass is 272 g/mol. The van der Waals surface area contributed by atoms with E-state index >= 15 is 0 Å². The summed E-state index contributed by atoms with van der Waals surface area (Å²) in [5.74, 6) is 0.369. The molecule has 0 bridgehead atoms. The first kappa shape index (κ1) is 12.9. The Morgan fingerprint density at radius 3 is 2.85 bits per heavy atom. The van der Waals surface area contributed by atoms with Crippen LogP contribution in [0, 0.1) is 6.57 Å². The predicted molar refractivity (Wildman–Crippen MR) is 73.7 cm³/mol. The third kappa shape index (κ3) is 2.21. The summed E-state index contributed by atoms with van der Waals surface area (Å²) in [7, 11) is 0. The number of carbonyl (C=O) groups excluding carboxylic acids is 1. The molecule has 0 spiro atoms. The van der Waals surface area contributed by atoms with Crippen molar-refractivity contribution in [2.24, 2.45) is 5.73 Å². The third-order valence-corrected chi connectivity index (χ3v) is 3.91. The first-order valence-electron chi connectivity index (χ1n) is 6.77. The maximum Gasteiger partial charge on any atom is 0.265 e. The van der Waals surface area contributed by atoms with Crippen LogP contribution in [0.15, 0.2) is 12.3 Å². The summed E-state index contributed by atoms with van der Waals surface area (Å²) in [4.78, 5) is 21.5. The van der Waals surface area contributed by atoms with Gasteiger partial charge in [-0.2, -0.15) is 0 Å². The van der Waals surface area contributed by atoms with Crippen LogP contribution in [0.5, 0.6) is 5.88 Å². The summed E-state index contributed by atoms with van der Waals surface area (Å²) in [5, 5.41) is 0. The van der Waals surface area contributed by atoms with Gasteiger partial charge in [-0.1, -0.05) is 0 Å². The number of amides is 1.